The van der Waals surface area contributed by atoms with Crippen molar-refractivity contribution in [3.05, 3.63) is 35.9 Å². The molecule has 0 heterocycles. The standard InChI is InChI=1S/C15H17NO7/c17-12(14(20)21)8-11(13(18)19)6-7-16-15(22)23-9-10-4-2-1-3-5-10/h1-5,11H,6-9H2,(H,16,22)(H,18,19)(H,20,21). The van der Waals surface area contributed by atoms with E-state index < -0.39 is 36.2 Å². The zero-order valence-corrected chi connectivity index (χ0v) is 12.2. The zero-order valence-electron chi connectivity index (χ0n) is 12.2. The molecule has 3 N–H and O–H groups in total. The largest absolute Gasteiger partial charge is 0.481 e. The fourth-order valence-electron chi connectivity index (χ4n) is 1.75. The van der Waals surface area contributed by atoms with E-state index in [0.717, 1.165) is 5.56 Å². The summed E-state index contributed by atoms with van der Waals surface area (Å²) in [6, 6.07) is 8.99. The number of ether oxygens (including phenoxy) is 1. The van der Waals surface area contributed by atoms with Crippen LogP contribution in [0.25, 0.3) is 0 Å². The summed E-state index contributed by atoms with van der Waals surface area (Å²) < 4.78 is 4.93. The summed E-state index contributed by atoms with van der Waals surface area (Å²) in [5, 5.41) is 19.8. The summed E-state index contributed by atoms with van der Waals surface area (Å²) in [5.41, 5.74) is 0.804. The SMILES string of the molecule is O=C(NCCC(CC(=O)C(=O)O)C(=O)O)OCc1ccccc1. The number of carboxylic acid groups (broad SMARTS) is 2. The van der Waals surface area contributed by atoms with E-state index in [-0.39, 0.29) is 19.6 Å². The van der Waals surface area contributed by atoms with Crippen LogP contribution in [-0.2, 0) is 25.7 Å². The highest BCUT2D eigenvalue weighted by molar-refractivity contribution is 6.33. The Labute approximate surface area is 132 Å². The normalized spacial score (nSPS) is 11.3. The maximum absolute atomic E-state index is 11.5. The number of alkyl carbamates (subject to hydrolysis) is 1. The van der Waals surface area contributed by atoms with Crippen LogP contribution >= 0.6 is 0 Å². The lowest BCUT2D eigenvalue weighted by Gasteiger charge is -2.11. The first-order valence-electron chi connectivity index (χ1n) is 6.83. The molecule has 0 radical (unpaired) electrons. The molecule has 0 saturated carbocycles. The first-order valence-corrected chi connectivity index (χ1v) is 6.83. The molecule has 0 aliphatic rings. The third-order valence-electron chi connectivity index (χ3n) is 2.99. The van der Waals surface area contributed by atoms with Crippen molar-refractivity contribution in [2.45, 2.75) is 19.4 Å². The molecule has 0 aliphatic carbocycles. The lowest BCUT2D eigenvalue weighted by atomic mass is 9.99. The molecule has 23 heavy (non-hydrogen) atoms. The van der Waals surface area contributed by atoms with Crippen molar-refractivity contribution in [2.24, 2.45) is 5.92 Å². The van der Waals surface area contributed by atoms with Crippen LogP contribution in [0.4, 0.5) is 4.79 Å². The van der Waals surface area contributed by atoms with E-state index >= 15 is 0 Å². The van der Waals surface area contributed by atoms with Gasteiger partial charge in [-0.15, -0.1) is 0 Å². The molecule has 1 unspecified atom stereocenters. The number of aliphatic carboxylic acids is 2. The van der Waals surface area contributed by atoms with Gasteiger partial charge in [-0.1, -0.05) is 30.3 Å². The minimum Gasteiger partial charge on any atom is -0.481 e. The third kappa shape index (κ3) is 7.07. The van der Waals surface area contributed by atoms with Gasteiger partial charge in [0.25, 0.3) is 0 Å². The van der Waals surface area contributed by atoms with Crippen molar-refractivity contribution in [1.29, 1.82) is 0 Å². The average molecular weight is 323 g/mol. The molecule has 1 rings (SSSR count). The van der Waals surface area contributed by atoms with Gasteiger partial charge in [-0.2, -0.15) is 0 Å². The predicted octanol–water partition coefficient (Wildman–Crippen LogP) is 1.05. The molecular weight excluding hydrogens is 306 g/mol. The van der Waals surface area contributed by atoms with Gasteiger partial charge in [0.2, 0.25) is 5.78 Å². The number of Topliss-reactive ketones (excluding diaryl/α,β-unsaturated/α-hetero) is 1. The molecular formula is C15H17NO7. The van der Waals surface area contributed by atoms with Crippen LogP contribution in [-0.4, -0.2) is 40.6 Å². The first-order chi connectivity index (χ1) is 10.9. The minimum absolute atomic E-state index is 0.0442. The second kappa shape index (κ2) is 9.19. The van der Waals surface area contributed by atoms with E-state index in [1.807, 2.05) is 6.07 Å². The minimum atomic E-state index is -1.67. The van der Waals surface area contributed by atoms with Gasteiger partial charge in [0.1, 0.15) is 6.61 Å². The van der Waals surface area contributed by atoms with Crippen molar-refractivity contribution < 1.29 is 34.1 Å². The Bertz CT molecular complexity index is 570. The fourth-order valence-corrected chi connectivity index (χ4v) is 1.75. The van der Waals surface area contributed by atoms with Crippen LogP contribution in [0, 0.1) is 5.92 Å². The van der Waals surface area contributed by atoms with E-state index in [1.165, 1.54) is 0 Å². The van der Waals surface area contributed by atoms with Gasteiger partial charge in [0.15, 0.2) is 0 Å². The molecule has 1 aromatic rings. The maximum Gasteiger partial charge on any atom is 0.407 e. The summed E-state index contributed by atoms with van der Waals surface area (Å²) in [6.07, 6.45) is -1.41. The van der Waals surface area contributed by atoms with Crippen LogP contribution in [0.1, 0.15) is 18.4 Å². The van der Waals surface area contributed by atoms with E-state index in [2.05, 4.69) is 5.32 Å². The molecule has 0 bridgehead atoms. The number of ketones is 1. The Morgan fingerprint density at radius 3 is 2.30 bits per heavy atom. The van der Waals surface area contributed by atoms with Crippen molar-refractivity contribution in [3.8, 4) is 0 Å². The average Bonchev–Trinajstić information content (AvgIpc) is 2.52. The number of nitrogens with one attached hydrogen (secondary N) is 1. The number of benzene rings is 1. The Hall–Kier alpha value is -2.90. The number of hydrogen-bond donors (Lipinski definition) is 3. The Balaban J connectivity index is 2.32. The second-order valence-electron chi connectivity index (χ2n) is 4.74. The number of amides is 1. The third-order valence-corrected chi connectivity index (χ3v) is 2.99. The van der Waals surface area contributed by atoms with Gasteiger partial charge in [0, 0.05) is 13.0 Å². The van der Waals surface area contributed by atoms with Crippen molar-refractivity contribution >= 4 is 23.8 Å². The van der Waals surface area contributed by atoms with Crippen LogP contribution in [0.15, 0.2) is 30.3 Å². The fraction of sp³-hybridized carbons (Fsp3) is 0.333. The van der Waals surface area contributed by atoms with Crippen LogP contribution in [0.5, 0.6) is 0 Å². The summed E-state index contributed by atoms with van der Waals surface area (Å²) >= 11 is 0. The van der Waals surface area contributed by atoms with Gasteiger partial charge in [0.05, 0.1) is 5.92 Å². The van der Waals surface area contributed by atoms with Gasteiger partial charge in [-0.25, -0.2) is 9.59 Å². The van der Waals surface area contributed by atoms with E-state index in [4.69, 9.17) is 14.9 Å². The Morgan fingerprint density at radius 1 is 1.09 bits per heavy atom. The van der Waals surface area contributed by atoms with Crippen LogP contribution < -0.4 is 5.32 Å². The summed E-state index contributed by atoms with van der Waals surface area (Å²) in [6.45, 7) is 0.0318. The second-order valence-corrected chi connectivity index (χ2v) is 4.74. The summed E-state index contributed by atoms with van der Waals surface area (Å²) in [5.74, 6) is -5.32. The van der Waals surface area contributed by atoms with Gasteiger partial charge >= 0.3 is 18.0 Å². The number of carbonyl (C=O) groups is 4. The van der Waals surface area contributed by atoms with Crippen LogP contribution in [0.2, 0.25) is 0 Å². The zero-order chi connectivity index (χ0) is 17.2. The van der Waals surface area contributed by atoms with Gasteiger partial charge < -0.3 is 20.3 Å². The molecule has 124 valence electrons. The lowest BCUT2D eigenvalue weighted by Crippen LogP contribution is -2.30. The van der Waals surface area contributed by atoms with Crippen LogP contribution in [0.3, 0.4) is 0 Å². The molecule has 1 amide bonds. The summed E-state index contributed by atoms with van der Waals surface area (Å²) in [7, 11) is 0. The molecule has 8 heteroatoms. The molecule has 1 atom stereocenters. The number of rotatable bonds is 9. The number of carbonyl (C=O) groups excluding carboxylic acids is 2. The van der Waals surface area contributed by atoms with Crippen molar-refractivity contribution in [1.82, 2.24) is 5.32 Å². The van der Waals surface area contributed by atoms with Gasteiger partial charge in [-0.05, 0) is 12.0 Å². The molecule has 0 aromatic heterocycles. The van der Waals surface area contributed by atoms with E-state index in [1.54, 1.807) is 24.3 Å². The molecule has 0 aliphatic heterocycles. The first kappa shape index (κ1) is 18.1. The van der Waals surface area contributed by atoms with E-state index in [9.17, 15) is 19.2 Å². The van der Waals surface area contributed by atoms with E-state index in [0.29, 0.717) is 0 Å². The number of carboxylic acids is 2. The topological polar surface area (TPSA) is 130 Å². The Morgan fingerprint density at radius 2 is 1.74 bits per heavy atom. The van der Waals surface area contributed by atoms with Gasteiger partial charge in [-0.3, -0.25) is 9.59 Å². The quantitative estimate of drug-likeness (QED) is 0.579. The highest BCUT2D eigenvalue weighted by Gasteiger charge is 2.24. The highest BCUT2D eigenvalue weighted by Crippen LogP contribution is 2.09. The number of hydrogen-bond acceptors (Lipinski definition) is 5. The smallest absolute Gasteiger partial charge is 0.407 e. The molecule has 1 aromatic carbocycles. The molecule has 0 spiro atoms. The van der Waals surface area contributed by atoms with Crippen molar-refractivity contribution in [2.75, 3.05) is 6.54 Å². The molecule has 0 fully saturated rings. The molecule has 0 saturated heterocycles. The van der Waals surface area contributed by atoms with Crippen molar-refractivity contribution in [3.63, 3.8) is 0 Å². The molecule has 8 nitrogen and oxygen atoms in total. The predicted molar refractivity (Wildman–Crippen MR) is 77.6 cm³/mol. The maximum atomic E-state index is 11.5. The summed E-state index contributed by atoms with van der Waals surface area (Å²) in [4.78, 5) is 43.9. The Kier molecular flexibility index (Phi) is 7.25. The highest BCUT2D eigenvalue weighted by atomic mass is 16.5. The lowest BCUT2D eigenvalue weighted by molar-refractivity contribution is -0.151. The monoisotopic (exact) mass is 323 g/mol.